The van der Waals surface area contributed by atoms with Crippen LogP contribution in [0.4, 0.5) is 4.39 Å². The summed E-state index contributed by atoms with van der Waals surface area (Å²) in [6, 6.07) is 4.71. The first-order chi connectivity index (χ1) is 10.1. The molecule has 4 nitrogen and oxygen atoms in total. The number of esters is 1. The van der Waals surface area contributed by atoms with Crippen LogP contribution in [0.3, 0.4) is 0 Å². The SMILES string of the molecule is C[C@]1([C@@H]2CCOC2=O)OCCc2c1[nH]c1ccc(F)cc21. The minimum Gasteiger partial charge on any atom is -0.465 e. The van der Waals surface area contributed by atoms with Crippen molar-refractivity contribution < 1.29 is 18.7 Å². The van der Waals surface area contributed by atoms with E-state index in [0.29, 0.717) is 19.6 Å². The molecule has 110 valence electrons. The highest BCUT2D eigenvalue weighted by atomic mass is 19.1. The highest BCUT2D eigenvalue weighted by molar-refractivity contribution is 5.86. The summed E-state index contributed by atoms with van der Waals surface area (Å²) >= 11 is 0. The molecule has 0 spiro atoms. The molecule has 2 atom stereocenters. The van der Waals surface area contributed by atoms with Gasteiger partial charge in [0.15, 0.2) is 0 Å². The maximum atomic E-state index is 13.5. The van der Waals surface area contributed by atoms with Gasteiger partial charge in [-0.25, -0.2) is 4.39 Å². The molecular weight excluding hydrogens is 273 g/mol. The fraction of sp³-hybridized carbons (Fsp3) is 0.438. The van der Waals surface area contributed by atoms with Crippen LogP contribution >= 0.6 is 0 Å². The van der Waals surface area contributed by atoms with E-state index in [-0.39, 0.29) is 17.7 Å². The minimum absolute atomic E-state index is 0.213. The molecule has 4 rings (SSSR count). The number of fused-ring (bicyclic) bond motifs is 3. The number of cyclic esters (lactones) is 1. The normalized spacial score (nSPS) is 28.7. The highest BCUT2D eigenvalue weighted by Gasteiger charge is 2.49. The van der Waals surface area contributed by atoms with Gasteiger partial charge < -0.3 is 14.5 Å². The van der Waals surface area contributed by atoms with Crippen molar-refractivity contribution in [2.24, 2.45) is 5.92 Å². The van der Waals surface area contributed by atoms with E-state index in [1.54, 1.807) is 12.1 Å². The number of benzene rings is 1. The van der Waals surface area contributed by atoms with Gasteiger partial charge in [0.2, 0.25) is 0 Å². The van der Waals surface area contributed by atoms with Crippen molar-refractivity contribution in [2.45, 2.75) is 25.4 Å². The number of hydrogen-bond acceptors (Lipinski definition) is 3. The zero-order valence-corrected chi connectivity index (χ0v) is 11.7. The second-order valence-corrected chi connectivity index (χ2v) is 5.88. The van der Waals surface area contributed by atoms with Crippen molar-refractivity contribution in [3.05, 3.63) is 35.3 Å². The number of aromatic amines is 1. The Bertz CT molecular complexity index is 738. The quantitative estimate of drug-likeness (QED) is 0.821. The van der Waals surface area contributed by atoms with Crippen LogP contribution in [-0.4, -0.2) is 24.2 Å². The van der Waals surface area contributed by atoms with Gasteiger partial charge in [0.25, 0.3) is 0 Å². The summed E-state index contributed by atoms with van der Waals surface area (Å²) in [7, 11) is 0. The van der Waals surface area contributed by atoms with E-state index in [0.717, 1.165) is 28.6 Å². The molecule has 0 saturated carbocycles. The molecular formula is C16H16FNO3. The number of carbonyl (C=O) groups excluding carboxylic acids is 1. The maximum absolute atomic E-state index is 13.5. The number of ether oxygens (including phenoxy) is 2. The summed E-state index contributed by atoms with van der Waals surface area (Å²) in [6.45, 7) is 2.89. The third-order valence-electron chi connectivity index (χ3n) is 4.72. The van der Waals surface area contributed by atoms with E-state index in [9.17, 15) is 9.18 Å². The van der Waals surface area contributed by atoms with Crippen LogP contribution < -0.4 is 0 Å². The van der Waals surface area contributed by atoms with Gasteiger partial charge in [-0.15, -0.1) is 0 Å². The van der Waals surface area contributed by atoms with Gasteiger partial charge in [0.1, 0.15) is 11.4 Å². The van der Waals surface area contributed by atoms with Gasteiger partial charge >= 0.3 is 5.97 Å². The van der Waals surface area contributed by atoms with E-state index in [4.69, 9.17) is 9.47 Å². The number of carbonyl (C=O) groups is 1. The van der Waals surface area contributed by atoms with Crippen molar-refractivity contribution in [2.75, 3.05) is 13.2 Å². The van der Waals surface area contributed by atoms with Crippen molar-refractivity contribution in [1.82, 2.24) is 4.98 Å². The van der Waals surface area contributed by atoms with Crippen molar-refractivity contribution in [1.29, 1.82) is 0 Å². The predicted octanol–water partition coefficient (Wildman–Crippen LogP) is 2.66. The fourth-order valence-corrected chi connectivity index (χ4v) is 3.61. The topological polar surface area (TPSA) is 51.3 Å². The third-order valence-corrected chi connectivity index (χ3v) is 4.72. The van der Waals surface area contributed by atoms with Crippen LogP contribution in [0.25, 0.3) is 10.9 Å². The number of hydrogen-bond donors (Lipinski definition) is 1. The molecule has 5 heteroatoms. The lowest BCUT2D eigenvalue weighted by atomic mass is 9.81. The molecule has 1 saturated heterocycles. The highest BCUT2D eigenvalue weighted by Crippen LogP contribution is 2.44. The Morgan fingerprint density at radius 1 is 1.38 bits per heavy atom. The van der Waals surface area contributed by atoms with Crippen LogP contribution in [-0.2, 0) is 26.3 Å². The second-order valence-electron chi connectivity index (χ2n) is 5.88. The molecule has 0 unspecified atom stereocenters. The zero-order chi connectivity index (χ0) is 14.6. The Morgan fingerprint density at radius 3 is 3.00 bits per heavy atom. The molecule has 0 bridgehead atoms. The van der Waals surface area contributed by atoms with E-state index < -0.39 is 5.60 Å². The maximum Gasteiger partial charge on any atom is 0.312 e. The standard InChI is InChI=1S/C16H16FNO3/c1-16(12-5-6-20-15(12)19)14-10(4-7-21-16)11-8-9(17)2-3-13(11)18-14/h2-3,8,12,18H,4-7H2,1H3/t12-,16-/m1/s1. The van der Waals surface area contributed by atoms with Gasteiger partial charge in [0, 0.05) is 10.9 Å². The number of aromatic nitrogens is 1. The number of rotatable bonds is 1. The first-order valence-electron chi connectivity index (χ1n) is 7.21. The first kappa shape index (κ1) is 12.8. The molecule has 0 radical (unpaired) electrons. The Hall–Kier alpha value is -1.88. The van der Waals surface area contributed by atoms with E-state index in [1.807, 2.05) is 6.92 Å². The molecule has 1 aromatic carbocycles. The summed E-state index contributed by atoms with van der Waals surface area (Å²) in [6.07, 6.45) is 1.37. The Balaban J connectivity index is 1.91. The summed E-state index contributed by atoms with van der Waals surface area (Å²) in [4.78, 5) is 15.3. The molecule has 2 aromatic rings. The van der Waals surface area contributed by atoms with Crippen molar-refractivity contribution >= 4 is 16.9 Å². The first-order valence-corrected chi connectivity index (χ1v) is 7.21. The van der Waals surface area contributed by atoms with Gasteiger partial charge in [-0.1, -0.05) is 0 Å². The molecule has 2 aliphatic heterocycles. The average molecular weight is 289 g/mol. The number of nitrogens with one attached hydrogen (secondary N) is 1. The summed E-state index contributed by atoms with van der Waals surface area (Å²) in [5, 5.41) is 0.880. The Labute approximate surface area is 121 Å². The second kappa shape index (κ2) is 4.31. The molecule has 1 aromatic heterocycles. The fourth-order valence-electron chi connectivity index (χ4n) is 3.61. The molecule has 2 aliphatic rings. The molecule has 0 amide bonds. The number of H-pyrrole nitrogens is 1. The van der Waals surface area contributed by atoms with Gasteiger partial charge in [-0.3, -0.25) is 4.79 Å². The molecule has 1 fully saturated rings. The van der Waals surface area contributed by atoms with Crippen LogP contribution in [0, 0.1) is 11.7 Å². The third kappa shape index (κ3) is 1.73. The van der Waals surface area contributed by atoms with Crippen molar-refractivity contribution in [3.63, 3.8) is 0 Å². The number of halogens is 1. The van der Waals surface area contributed by atoms with E-state index >= 15 is 0 Å². The van der Waals surface area contributed by atoms with Gasteiger partial charge in [-0.05, 0) is 43.5 Å². The largest absolute Gasteiger partial charge is 0.465 e. The molecule has 3 heterocycles. The molecule has 0 aliphatic carbocycles. The molecule has 21 heavy (non-hydrogen) atoms. The summed E-state index contributed by atoms with van der Waals surface area (Å²) < 4.78 is 24.6. The zero-order valence-electron chi connectivity index (χ0n) is 11.7. The van der Waals surface area contributed by atoms with Crippen LogP contribution in [0.1, 0.15) is 24.6 Å². The van der Waals surface area contributed by atoms with Crippen LogP contribution in [0.15, 0.2) is 18.2 Å². The minimum atomic E-state index is -0.726. The average Bonchev–Trinajstić information content (AvgIpc) is 3.04. The van der Waals surface area contributed by atoms with E-state index in [2.05, 4.69) is 4.98 Å². The summed E-state index contributed by atoms with van der Waals surface area (Å²) in [5.74, 6) is -0.776. The Morgan fingerprint density at radius 2 is 2.24 bits per heavy atom. The monoisotopic (exact) mass is 289 g/mol. The summed E-state index contributed by atoms with van der Waals surface area (Å²) in [5.41, 5.74) is 2.09. The van der Waals surface area contributed by atoms with Crippen LogP contribution in [0.2, 0.25) is 0 Å². The van der Waals surface area contributed by atoms with Crippen molar-refractivity contribution in [3.8, 4) is 0 Å². The van der Waals surface area contributed by atoms with Gasteiger partial charge in [0.05, 0.1) is 24.8 Å². The van der Waals surface area contributed by atoms with Crippen LogP contribution in [0.5, 0.6) is 0 Å². The van der Waals surface area contributed by atoms with E-state index in [1.165, 1.54) is 6.07 Å². The predicted molar refractivity (Wildman–Crippen MR) is 74.3 cm³/mol. The lowest BCUT2D eigenvalue weighted by Crippen LogP contribution is -2.41. The lowest BCUT2D eigenvalue weighted by Gasteiger charge is -2.37. The lowest BCUT2D eigenvalue weighted by molar-refractivity contribution is -0.154. The molecule has 1 N–H and O–H groups in total. The Kier molecular flexibility index (Phi) is 2.63. The smallest absolute Gasteiger partial charge is 0.312 e. The van der Waals surface area contributed by atoms with Gasteiger partial charge in [-0.2, -0.15) is 0 Å².